The SMILES string of the molecule is C=CCn1c(SCC(=O)Nc2cccc(CC)c2)nnc1-c1ccc(Cl)cc1. The molecule has 1 N–H and O–H groups in total. The Labute approximate surface area is 173 Å². The van der Waals surface area contributed by atoms with E-state index in [1.165, 1.54) is 17.3 Å². The number of aryl methyl sites for hydroxylation is 1. The lowest BCUT2D eigenvalue weighted by atomic mass is 10.1. The van der Waals surface area contributed by atoms with Crippen molar-refractivity contribution in [2.75, 3.05) is 11.1 Å². The fourth-order valence-corrected chi connectivity index (χ4v) is 3.57. The maximum atomic E-state index is 12.3. The van der Waals surface area contributed by atoms with Crippen LogP contribution in [-0.2, 0) is 17.8 Å². The number of benzene rings is 2. The van der Waals surface area contributed by atoms with E-state index >= 15 is 0 Å². The molecule has 0 aliphatic heterocycles. The van der Waals surface area contributed by atoms with E-state index in [0.717, 1.165) is 23.5 Å². The lowest BCUT2D eigenvalue weighted by Crippen LogP contribution is -2.14. The fraction of sp³-hybridized carbons (Fsp3) is 0.190. The quantitative estimate of drug-likeness (QED) is 0.414. The van der Waals surface area contributed by atoms with Crippen LogP contribution in [-0.4, -0.2) is 26.4 Å². The zero-order valence-electron chi connectivity index (χ0n) is 15.6. The van der Waals surface area contributed by atoms with Gasteiger partial charge in [-0.1, -0.05) is 48.5 Å². The average molecular weight is 413 g/mol. The monoisotopic (exact) mass is 412 g/mol. The highest BCUT2D eigenvalue weighted by atomic mass is 35.5. The molecule has 28 heavy (non-hydrogen) atoms. The van der Waals surface area contributed by atoms with Crippen molar-refractivity contribution in [1.82, 2.24) is 14.8 Å². The largest absolute Gasteiger partial charge is 0.325 e. The summed E-state index contributed by atoms with van der Waals surface area (Å²) in [6.07, 6.45) is 2.71. The van der Waals surface area contributed by atoms with E-state index < -0.39 is 0 Å². The third-order valence-electron chi connectivity index (χ3n) is 4.08. The first-order chi connectivity index (χ1) is 13.6. The summed E-state index contributed by atoms with van der Waals surface area (Å²) in [5.74, 6) is 0.876. The van der Waals surface area contributed by atoms with E-state index in [-0.39, 0.29) is 11.7 Å². The van der Waals surface area contributed by atoms with E-state index in [1.807, 2.05) is 53.1 Å². The molecule has 0 atom stereocenters. The van der Waals surface area contributed by atoms with Gasteiger partial charge >= 0.3 is 0 Å². The first-order valence-electron chi connectivity index (χ1n) is 8.92. The van der Waals surface area contributed by atoms with Crippen LogP contribution in [0.15, 0.2) is 66.3 Å². The molecule has 0 aliphatic rings. The van der Waals surface area contributed by atoms with Crippen LogP contribution in [0.1, 0.15) is 12.5 Å². The van der Waals surface area contributed by atoms with Crippen molar-refractivity contribution >= 4 is 35.0 Å². The van der Waals surface area contributed by atoms with Gasteiger partial charge in [-0.05, 0) is 48.4 Å². The number of rotatable bonds is 8. The van der Waals surface area contributed by atoms with Crippen molar-refractivity contribution in [1.29, 1.82) is 0 Å². The normalized spacial score (nSPS) is 10.6. The van der Waals surface area contributed by atoms with Crippen LogP contribution in [0.2, 0.25) is 5.02 Å². The molecule has 0 unspecified atom stereocenters. The molecule has 0 aliphatic carbocycles. The molecule has 0 bridgehead atoms. The van der Waals surface area contributed by atoms with Crippen molar-refractivity contribution in [2.24, 2.45) is 0 Å². The molecule has 0 saturated carbocycles. The number of amides is 1. The van der Waals surface area contributed by atoms with Gasteiger partial charge < -0.3 is 5.32 Å². The minimum Gasteiger partial charge on any atom is -0.325 e. The van der Waals surface area contributed by atoms with Crippen LogP contribution in [0.5, 0.6) is 0 Å². The van der Waals surface area contributed by atoms with Crippen LogP contribution >= 0.6 is 23.4 Å². The molecule has 3 aromatic rings. The third-order valence-corrected chi connectivity index (χ3v) is 5.30. The molecule has 1 aromatic heterocycles. The van der Waals surface area contributed by atoms with Gasteiger partial charge in [0, 0.05) is 22.8 Å². The number of halogens is 1. The van der Waals surface area contributed by atoms with E-state index in [2.05, 4.69) is 29.0 Å². The number of hydrogen-bond donors (Lipinski definition) is 1. The van der Waals surface area contributed by atoms with Crippen LogP contribution < -0.4 is 5.32 Å². The first kappa shape index (κ1) is 20.2. The number of anilines is 1. The third kappa shape index (κ3) is 5.03. The van der Waals surface area contributed by atoms with E-state index in [1.54, 1.807) is 6.08 Å². The molecule has 0 saturated heterocycles. The molecule has 3 rings (SSSR count). The maximum Gasteiger partial charge on any atom is 0.234 e. The fourth-order valence-electron chi connectivity index (χ4n) is 2.70. The molecule has 0 fully saturated rings. The summed E-state index contributed by atoms with van der Waals surface area (Å²) in [5, 5.41) is 12.8. The number of aromatic nitrogens is 3. The highest BCUT2D eigenvalue weighted by Crippen LogP contribution is 2.25. The molecular weight excluding hydrogens is 392 g/mol. The van der Waals surface area contributed by atoms with Gasteiger partial charge in [0.1, 0.15) is 0 Å². The molecule has 1 amide bonds. The predicted molar refractivity (Wildman–Crippen MR) is 116 cm³/mol. The zero-order valence-corrected chi connectivity index (χ0v) is 17.1. The Morgan fingerprint density at radius 3 is 2.75 bits per heavy atom. The van der Waals surface area contributed by atoms with Crippen molar-refractivity contribution < 1.29 is 4.79 Å². The average Bonchev–Trinajstić information content (AvgIpc) is 3.10. The smallest absolute Gasteiger partial charge is 0.234 e. The van der Waals surface area contributed by atoms with Gasteiger partial charge in [-0.3, -0.25) is 9.36 Å². The number of allylic oxidation sites excluding steroid dienone is 1. The summed E-state index contributed by atoms with van der Waals surface area (Å²) >= 11 is 7.31. The van der Waals surface area contributed by atoms with Gasteiger partial charge in [0.05, 0.1) is 5.75 Å². The molecule has 1 heterocycles. The Balaban J connectivity index is 1.70. The zero-order chi connectivity index (χ0) is 19.9. The molecule has 2 aromatic carbocycles. The summed E-state index contributed by atoms with van der Waals surface area (Å²) in [7, 11) is 0. The van der Waals surface area contributed by atoms with E-state index in [4.69, 9.17) is 11.6 Å². The minimum absolute atomic E-state index is 0.0838. The van der Waals surface area contributed by atoms with Crippen LogP contribution in [0.4, 0.5) is 5.69 Å². The molecule has 5 nitrogen and oxygen atoms in total. The summed E-state index contributed by atoms with van der Waals surface area (Å²) < 4.78 is 1.94. The minimum atomic E-state index is -0.0838. The van der Waals surface area contributed by atoms with Crippen molar-refractivity contribution in [3.05, 3.63) is 71.8 Å². The molecule has 7 heteroatoms. The first-order valence-corrected chi connectivity index (χ1v) is 10.3. The van der Waals surface area contributed by atoms with Crippen molar-refractivity contribution in [3.63, 3.8) is 0 Å². The Morgan fingerprint density at radius 2 is 2.04 bits per heavy atom. The Hall–Kier alpha value is -2.57. The number of carbonyl (C=O) groups excluding carboxylic acids is 1. The molecular formula is C21H21ClN4OS. The molecule has 0 radical (unpaired) electrons. The number of carbonyl (C=O) groups is 1. The number of hydrogen-bond acceptors (Lipinski definition) is 4. The van der Waals surface area contributed by atoms with Gasteiger partial charge in [0.2, 0.25) is 5.91 Å². The summed E-state index contributed by atoms with van der Waals surface area (Å²) in [4.78, 5) is 12.3. The van der Waals surface area contributed by atoms with E-state index in [9.17, 15) is 4.79 Å². The second-order valence-electron chi connectivity index (χ2n) is 6.10. The standard InChI is InChI=1S/C21H21ClN4OS/c1-3-12-26-20(16-8-10-17(22)11-9-16)24-25-21(26)28-14-19(27)23-18-7-5-6-15(4-2)13-18/h3,5-11,13H,1,4,12,14H2,2H3,(H,23,27). The number of thioether (sulfide) groups is 1. The molecule has 144 valence electrons. The van der Waals surface area contributed by atoms with Crippen LogP contribution in [0, 0.1) is 0 Å². The maximum absolute atomic E-state index is 12.3. The molecule has 0 spiro atoms. The van der Waals surface area contributed by atoms with Gasteiger partial charge in [0.15, 0.2) is 11.0 Å². The highest BCUT2D eigenvalue weighted by Gasteiger charge is 2.15. The Kier molecular flexibility index (Phi) is 6.90. The van der Waals surface area contributed by atoms with Gasteiger partial charge in [0.25, 0.3) is 0 Å². The van der Waals surface area contributed by atoms with Crippen molar-refractivity contribution in [3.8, 4) is 11.4 Å². The second-order valence-corrected chi connectivity index (χ2v) is 7.48. The number of nitrogens with zero attached hydrogens (tertiary/aromatic N) is 3. The Bertz CT molecular complexity index is 969. The Morgan fingerprint density at radius 1 is 1.25 bits per heavy atom. The van der Waals surface area contributed by atoms with Gasteiger partial charge in [-0.2, -0.15) is 0 Å². The summed E-state index contributed by atoms with van der Waals surface area (Å²) in [6.45, 7) is 6.44. The van der Waals surface area contributed by atoms with Crippen LogP contribution in [0.25, 0.3) is 11.4 Å². The number of nitrogens with one attached hydrogen (secondary N) is 1. The topological polar surface area (TPSA) is 59.8 Å². The van der Waals surface area contributed by atoms with Gasteiger partial charge in [-0.25, -0.2) is 0 Å². The summed E-state index contributed by atoms with van der Waals surface area (Å²) in [6, 6.07) is 15.3. The van der Waals surface area contributed by atoms with Crippen molar-refractivity contribution in [2.45, 2.75) is 25.0 Å². The van der Waals surface area contributed by atoms with Crippen LogP contribution in [0.3, 0.4) is 0 Å². The highest BCUT2D eigenvalue weighted by molar-refractivity contribution is 7.99. The second kappa shape index (κ2) is 9.57. The summed E-state index contributed by atoms with van der Waals surface area (Å²) in [5.41, 5.74) is 2.90. The lowest BCUT2D eigenvalue weighted by Gasteiger charge is -2.09. The predicted octanol–water partition coefficient (Wildman–Crippen LogP) is 5.08. The van der Waals surface area contributed by atoms with Gasteiger partial charge in [-0.15, -0.1) is 16.8 Å². The van der Waals surface area contributed by atoms with E-state index in [0.29, 0.717) is 16.7 Å². The lowest BCUT2D eigenvalue weighted by molar-refractivity contribution is -0.113.